The lowest BCUT2D eigenvalue weighted by Gasteiger charge is -2.07. The first-order valence-corrected chi connectivity index (χ1v) is 12.0. The molecule has 6 nitrogen and oxygen atoms in total. The molecule has 9 heteroatoms. The molecule has 0 aliphatic rings. The number of hydrogen-bond donors (Lipinski definition) is 1. The molecule has 0 spiro atoms. The third kappa shape index (κ3) is 5.20. The highest BCUT2D eigenvalue weighted by Gasteiger charge is 2.26. The van der Waals surface area contributed by atoms with Gasteiger partial charge in [-0.2, -0.15) is 13.9 Å². The number of alkyl halides is 2. The van der Waals surface area contributed by atoms with Gasteiger partial charge in [0.15, 0.2) is 0 Å². The van der Waals surface area contributed by atoms with Gasteiger partial charge in [-0.3, -0.25) is 9.48 Å². The summed E-state index contributed by atoms with van der Waals surface area (Å²) in [7, 11) is -4.71. The Balaban J connectivity index is 1.53. The molecule has 0 saturated carbocycles. The maximum absolute atomic E-state index is 12.7. The van der Waals surface area contributed by atoms with Crippen molar-refractivity contribution in [3.63, 3.8) is 0 Å². The number of carbonyl (C=O) groups excluding carboxylic acids is 1. The number of benzene rings is 3. The van der Waals surface area contributed by atoms with Gasteiger partial charge in [-0.1, -0.05) is 60.7 Å². The van der Waals surface area contributed by atoms with Crippen LogP contribution in [0.25, 0.3) is 11.3 Å². The van der Waals surface area contributed by atoms with Crippen molar-refractivity contribution >= 4 is 15.7 Å². The molecule has 0 bridgehead atoms. The van der Waals surface area contributed by atoms with Crippen molar-refractivity contribution in [1.82, 2.24) is 15.1 Å². The number of nitrogens with one attached hydrogen (secondary N) is 1. The minimum Gasteiger partial charge on any atom is -0.348 e. The molecule has 174 valence electrons. The van der Waals surface area contributed by atoms with E-state index < -0.39 is 26.4 Å². The number of amides is 1. The van der Waals surface area contributed by atoms with Crippen molar-refractivity contribution in [1.29, 1.82) is 0 Å². The van der Waals surface area contributed by atoms with Gasteiger partial charge in [-0.25, -0.2) is 8.42 Å². The highest BCUT2D eigenvalue weighted by molar-refractivity contribution is 7.91. The minimum absolute atomic E-state index is 0.158. The fourth-order valence-corrected chi connectivity index (χ4v) is 4.18. The van der Waals surface area contributed by atoms with E-state index in [-0.39, 0.29) is 12.1 Å². The van der Waals surface area contributed by atoms with Crippen LogP contribution in [0, 0.1) is 0 Å². The lowest BCUT2D eigenvalue weighted by molar-refractivity contribution is 0.0951. The van der Waals surface area contributed by atoms with Crippen molar-refractivity contribution in [3.8, 4) is 11.3 Å². The summed E-state index contributed by atoms with van der Waals surface area (Å²) >= 11 is 0. The van der Waals surface area contributed by atoms with E-state index in [1.54, 1.807) is 0 Å². The average molecular weight is 482 g/mol. The average Bonchev–Trinajstić information content (AvgIpc) is 3.26. The van der Waals surface area contributed by atoms with Gasteiger partial charge in [0.2, 0.25) is 9.84 Å². The van der Waals surface area contributed by atoms with Crippen molar-refractivity contribution in [2.45, 2.75) is 23.7 Å². The largest absolute Gasteiger partial charge is 0.348 e. The van der Waals surface area contributed by atoms with Crippen LogP contribution in [0.1, 0.15) is 21.5 Å². The van der Waals surface area contributed by atoms with Crippen molar-refractivity contribution in [2.24, 2.45) is 0 Å². The van der Waals surface area contributed by atoms with E-state index in [0.29, 0.717) is 6.54 Å². The molecular formula is C25H21F2N3O3S. The van der Waals surface area contributed by atoms with Crippen LogP contribution in [0.2, 0.25) is 0 Å². The molecule has 0 unspecified atom stereocenters. The van der Waals surface area contributed by atoms with E-state index in [2.05, 4.69) is 5.32 Å². The second kappa shape index (κ2) is 9.96. The molecule has 34 heavy (non-hydrogen) atoms. The molecule has 0 aliphatic heterocycles. The van der Waals surface area contributed by atoms with Crippen molar-refractivity contribution in [3.05, 3.63) is 108 Å². The smallest absolute Gasteiger partial charge is 0.341 e. The SMILES string of the molecule is O=C(NCc1cn(Cc2ccccc2)nc1-c1ccccc1)c1ccc(S(=O)(=O)C(F)F)cc1. The number of rotatable bonds is 8. The first-order chi connectivity index (χ1) is 16.3. The number of nitrogens with zero attached hydrogens (tertiary/aromatic N) is 2. The summed E-state index contributed by atoms with van der Waals surface area (Å²) < 4.78 is 50.4. The predicted octanol–water partition coefficient (Wildman–Crippen LogP) is 4.52. The van der Waals surface area contributed by atoms with Crippen LogP contribution < -0.4 is 5.32 Å². The van der Waals surface area contributed by atoms with Crippen LogP contribution in [0.3, 0.4) is 0 Å². The Hall–Kier alpha value is -3.85. The van der Waals surface area contributed by atoms with Crippen LogP contribution in [-0.4, -0.2) is 29.9 Å². The van der Waals surface area contributed by atoms with Gasteiger partial charge in [0.05, 0.1) is 17.1 Å². The number of aromatic nitrogens is 2. The zero-order chi connectivity index (χ0) is 24.1. The molecule has 1 aromatic heterocycles. The molecule has 3 aromatic carbocycles. The normalized spacial score (nSPS) is 11.5. The predicted molar refractivity (Wildman–Crippen MR) is 124 cm³/mol. The Morgan fingerprint density at radius 2 is 1.53 bits per heavy atom. The molecule has 0 radical (unpaired) electrons. The Morgan fingerprint density at radius 3 is 2.15 bits per heavy atom. The van der Waals surface area contributed by atoms with Gasteiger partial charge in [-0.15, -0.1) is 0 Å². The van der Waals surface area contributed by atoms with E-state index in [1.807, 2.05) is 71.5 Å². The molecule has 0 aliphatic carbocycles. The summed E-state index contributed by atoms with van der Waals surface area (Å²) in [4.78, 5) is 12.1. The van der Waals surface area contributed by atoms with E-state index in [4.69, 9.17) is 5.10 Å². The van der Waals surface area contributed by atoms with Gasteiger partial charge in [0, 0.05) is 29.4 Å². The summed E-state index contributed by atoms with van der Waals surface area (Å²) in [5.74, 6) is -3.98. The zero-order valence-electron chi connectivity index (χ0n) is 17.9. The highest BCUT2D eigenvalue weighted by atomic mass is 32.2. The molecule has 0 fully saturated rings. The second-order valence-electron chi connectivity index (χ2n) is 7.56. The van der Waals surface area contributed by atoms with E-state index in [1.165, 1.54) is 12.1 Å². The minimum atomic E-state index is -4.71. The number of sulfone groups is 1. The van der Waals surface area contributed by atoms with Crippen molar-refractivity contribution < 1.29 is 22.0 Å². The summed E-state index contributed by atoms with van der Waals surface area (Å²) in [6.07, 6.45) is 1.87. The van der Waals surface area contributed by atoms with Gasteiger partial charge in [-0.05, 0) is 29.8 Å². The van der Waals surface area contributed by atoms with Crippen LogP contribution in [0.5, 0.6) is 0 Å². The summed E-state index contributed by atoms with van der Waals surface area (Å²) in [5, 5.41) is 7.50. The number of halogens is 2. The number of carbonyl (C=O) groups is 1. The Bertz CT molecular complexity index is 1370. The van der Waals surface area contributed by atoms with Gasteiger partial charge in [0.25, 0.3) is 5.91 Å². The van der Waals surface area contributed by atoms with Gasteiger partial charge < -0.3 is 5.32 Å². The maximum atomic E-state index is 12.7. The summed E-state index contributed by atoms with van der Waals surface area (Å²) in [6, 6.07) is 23.9. The lowest BCUT2D eigenvalue weighted by atomic mass is 10.1. The summed E-state index contributed by atoms with van der Waals surface area (Å²) in [6.45, 7) is 0.740. The Kier molecular flexibility index (Phi) is 6.83. The Labute approximate surface area is 195 Å². The molecule has 1 heterocycles. The molecule has 0 saturated heterocycles. The third-order valence-electron chi connectivity index (χ3n) is 5.19. The van der Waals surface area contributed by atoms with Crippen molar-refractivity contribution in [2.75, 3.05) is 0 Å². The van der Waals surface area contributed by atoms with E-state index in [0.717, 1.165) is 34.5 Å². The van der Waals surface area contributed by atoms with E-state index >= 15 is 0 Å². The quantitative estimate of drug-likeness (QED) is 0.401. The lowest BCUT2D eigenvalue weighted by Crippen LogP contribution is -2.23. The Morgan fingerprint density at radius 1 is 0.912 bits per heavy atom. The van der Waals surface area contributed by atoms with E-state index in [9.17, 15) is 22.0 Å². The molecule has 1 amide bonds. The molecule has 4 rings (SSSR count). The van der Waals surface area contributed by atoms with Gasteiger partial charge >= 0.3 is 5.76 Å². The first kappa shape index (κ1) is 23.3. The zero-order valence-corrected chi connectivity index (χ0v) is 18.8. The monoisotopic (exact) mass is 481 g/mol. The first-order valence-electron chi connectivity index (χ1n) is 10.4. The topological polar surface area (TPSA) is 81.1 Å². The van der Waals surface area contributed by atoms with Gasteiger partial charge in [0.1, 0.15) is 0 Å². The fraction of sp³-hybridized carbons (Fsp3) is 0.120. The van der Waals surface area contributed by atoms with Crippen LogP contribution in [0.15, 0.2) is 96.0 Å². The number of hydrogen-bond acceptors (Lipinski definition) is 4. The summed E-state index contributed by atoms with van der Waals surface area (Å²) in [5.41, 5.74) is 3.67. The highest BCUT2D eigenvalue weighted by Crippen LogP contribution is 2.23. The molecule has 4 aromatic rings. The standard InChI is InChI=1S/C25H21F2N3O3S/c26-25(27)34(32,33)22-13-11-20(12-14-22)24(31)28-15-21-17-30(16-18-7-3-1-4-8-18)29-23(21)19-9-5-2-6-10-19/h1-14,17,25H,15-16H2,(H,28,31). The second-order valence-corrected chi connectivity index (χ2v) is 9.48. The molecule has 0 atom stereocenters. The molecule has 1 N–H and O–H groups in total. The van der Waals surface area contributed by atoms with Crippen LogP contribution in [-0.2, 0) is 22.9 Å². The van der Waals surface area contributed by atoms with Crippen LogP contribution >= 0.6 is 0 Å². The maximum Gasteiger partial charge on any atom is 0.341 e. The van der Waals surface area contributed by atoms with Crippen LogP contribution in [0.4, 0.5) is 8.78 Å². The molecular weight excluding hydrogens is 460 g/mol. The fourth-order valence-electron chi connectivity index (χ4n) is 3.46. The third-order valence-corrected chi connectivity index (χ3v) is 6.59.